The Kier molecular flexibility index (Phi) is 4.71. The zero-order valence-electron chi connectivity index (χ0n) is 13.5. The van der Waals surface area contributed by atoms with E-state index < -0.39 is 21.6 Å². The fraction of sp³-hybridized carbons (Fsp3) is 0.0588. The lowest BCUT2D eigenvalue weighted by Crippen LogP contribution is -2.32. The average Bonchev–Trinajstić information content (AvgIpc) is 3.04. The standard InChI is InChI=1S/C17H13ClN2O5S/c1-25-14-6-2-12(3-7-14)16(21)19-10-11-20(17(19)22)26(23,24)15-8-4-13(18)5-9-15/h2-11H,1H3. The van der Waals surface area contributed by atoms with Gasteiger partial charge in [-0.25, -0.2) is 17.8 Å². The number of ether oxygens (including phenoxy) is 1. The minimum absolute atomic E-state index is 0.112. The first-order chi connectivity index (χ1) is 12.3. The second kappa shape index (κ2) is 6.81. The minimum Gasteiger partial charge on any atom is -0.497 e. The van der Waals surface area contributed by atoms with Gasteiger partial charge in [0.15, 0.2) is 0 Å². The smallest absolute Gasteiger partial charge is 0.349 e. The first-order valence-electron chi connectivity index (χ1n) is 7.34. The van der Waals surface area contributed by atoms with E-state index in [2.05, 4.69) is 0 Å². The number of hydrogen-bond donors (Lipinski definition) is 0. The third-order valence-electron chi connectivity index (χ3n) is 3.67. The highest BCUT2D eigenvalue weighted by Gasteiger charge is 2.22. The number of aromatic nitrogens is 2. The molecule has 9 heteroatoms. The monoisotopic (exact) mass is 392 g/mol. The Balaban J connectivity index is 2.00. The molecule has 1 heterocycles. The Morgan fingerprint density at radius 1 is 1.00 bits per heavy atom. The second-order valence-electron chi connectivity index (χ2n) is 5.24. The van der Waals surface area contributed by atoms with Gasteiger partial charge in [0.05, 0.1) is 12.0 Å². The van der Waals surface area contributed by atoms with E-state index in [9.17, 15) is 18.0 Å². The van der Waals surface area contributed by atoms with Crippen molar-refractivity contribution in [1.82, 2.24) is 8.54 Å². The molecule has 0 aliphatic carbocycles. The van der Waals surface area contributed by atoms with E-state index in [-0.39, 0.29) is 10.5 Å². The molecule has 3 rings (SSSR count). The summed E-state index contributed by atoms with van der Waals surface area (Å²) in [6.45, 7) is 0. The molecule has 1 aromatic heterocycles. The zero-order chi connectivity index (χ0) is 18.9. The predicted molar refractivity (Wildman–Crippen MR) is 95.5 cm³/mol. The van der Waals surface area contributed by atoms with Gasteiger partial charge >= 0.3 is 5.69 Å². The van der Waals surface area contributed by atoms with Gasteiger partial charge in [0.1, 0.15) is 5.75 Å². The van der Waals surface area contributed by atoms with Crippen LogP contribution in [0.2, 0.25) is 5.02 Å². The van der Waals surface area contributed by atoms with Crippen LogP contribution in [-0.2, 0) is 10.0 Å². The summed E-state index contributed by atoms with van der Waals surface area (Å²) >= 11 is 5.75. The van der Waals surface area contributed by atoms with Gasteiger partial charge in [-0.2, -0.15) is 3.97 Å². The van der Waals surface area contributed by atoms with Crippen LogP contribution in [0.5, 0.6) is 5.75 Å². The molecular formula is C17H13ClN2O5S. The summed E-state index contributed by atoms with van der Waals surface area (Å²) in [6.07, 6.45) is 2.15. The molecule has 0 N–H and O–H groups in total. The zero-order valence-corrected chi connectivity index (χ0v) is 15.1. The van der Waals surface area contributed by atoms with Crippen molar-refractivity contribution in [1.29, 1.82) is 0 Å². The number of benzene rings is 2. The summed E-state index contributed by atoms with van der Waals surface area (Å²) < 4.78 is 31.5. The van der Waals surface area contributed by atoms with Crippen LogP contribution in [-0.4, -0.2) is 30.0 Å². The van der Waals surface area contributed by atoms with E-state index in [1.807, 2.05) is 0 Å². The Labute approximate surface area is 154 Å². The maximum atomic E-state index is 12.6. The van der Waals surface area contributed by atoms with Crippen LogP contribution in [0.15, 0.2) is 70.6 Å². The van der Waals surface area contributed by atoms with E-state index in [0.717, 1.165) is 17.0 Å². The lowest BCUT2D eigenvalue weighted by Gasteiger charge is -2.05. The third kappa shape index (κ3) is 3.16. The van der Waals surface area contributed by atoms with Gasteiger partial charge in [0.25, 0.3) is 15.9 Å². The molecular weight excluding hydrogens is 380 g/mol. The Morgan fingerprint density at radius 3 is 2.19 bits per heavy atom. The van der Waals surface area contributed by atoms with Crippen LogP contribution in [0.4, 0.5) is 0 Å². The molecule has 0 spiro atoms. The van der Waals surface area contributed by atoms with E-state index >= 15 is 0 Å². The minimum atomic E-state index is -4.14. The number of carbonyl (C=O) groups excluding carboxylic acids is 1. The Bertz CT molecular complexity index is 1110. The highest BCUT2D eigenvalue weighted by molar-refractivity contribution is 7.90. The molecule has 0 saturated heterocycles. The Hall–Kier alpha value is -2.84. The van der Waals surface area contributed by atoms with E-state index in [1.54, 1.807) is 12.1 Å². The van der Waals surface area contributed by atoms with Crippen LogP contribution in [0, 0.1) is 0 Å². The summed E-state index contributed by atoms with van der Waals surface area (Å²) in [6, 6.07) is 11.5. The number of halogens is 1. The summed E-state index contributed by atoms with van der Waals surface area (Å²) in [7, 11) is -2.65. The molecule has 26 heavy (non-hydrogen) atoms. The van der Waals surface area contributed by atoms with Crippen molar-refractivity contribution in [2.75, 3.05) is 7.11 Å². The van der Waals surface area contributed by atoms with Crippen LogP contribution in [0.3, 0.4) is 0 Å². The lowest BCUT2D eigenvalue weighted by molar-refractivity contribution is 0.0956. The number of nitrogens with zero attached hydrogens (tertiary/aromatic N) is 2. The number of imidazole rings is 1. The highest BCUT2D eigenvalue weighted by Crippen LogP contribution is 2.16. The van der Waals surface area contributed by atoms with Gasteiger partial charge in [-0.3, -0.25) is 4.79 Å². The number of hydrogen-bond acceptors (Lipinski definition) is 5. The van der Waals surface area contributed by atoms with Crippen molar-refractivity contribution in [3.8, 4) is 5.75 Å². The van der Waals surface area contributed by atoms with E-state index in [1.165, 1.54) is 43.5 Å². The molecule has 0 aliphatic rings. The molecule has 134 valence electrons. The molecule has 2 aromatic carbocycles. The van der Waals surface area contributed by atoms with Gasteiger partial charge in [-0.1, -0.05) is 11.6 Å². The summed E-state index contributed by atoms with van der Waals surface area (Å²) in [5, 5.41) is 0.364. The van der Waals surface area contributed by atoms with Crippen molar-refractivity contribution in [2.24, 2.45) is 0 Å². The average molecular weight is 393 g/mol. The van der Waals surface area contributed by atoms with Crippen molar-refractivity contribution in [2.45, 2.75) is 4.90 Å². The molecule has 7 nitrogen and oxygen atoms in total. The molecule has 3 aromatic rings. The summed E-state index contributed by atoms with van der Waals surface area (Å²) in [5.74, 6) is -0.0977. The molecule has 0 fully saturated rings. The van der Waals surface area contributed by atoms with Gasteiger partial charge in [-0.15, -0.1) is 0 Å². The van der Waals surface area contributed by atoms with Gasteiger partial charge in [0.2, 0.25) is 0 Å². The summed E-state index contributed by atoms with van der Waals surface area (Å²) in [4.78, 5) is 24.8. The fourth-order valence-electron chi connectivity index (χ4n) is 2.29. The second-order valence-corrected chi connectivity index (χ2v) is 7.49. The summed E-state index contributed by atoms with van der Waals surface area (Å²) in [5.41, 5.74) is -0.768. The molecule has 0 saturated carbocycles. The SMILES string of the molecule is COc1ccc(C(=O)n2ccn(S(=O)(=O)c3ccc(Cl)cc3)c2=O)cc1. The van der Waals surface area contributed by atoms with Gasteiger partial charge in [-0.05, 0) is 48.5 Å². The first-order valence-corrected chi connectivity index (χ1v) is 9.16. The van der Waals surface area contributed by atoms with Crippen molar-refractivity contribution in [3.63, 3.8) is 0 Å². The molecule has 0 unspecified atom stereocenters. The molecule has 0 atom stereocenters. The van der Waals surface area contributed by atoms with Gasteiger partial charge < -0.3 is 4.74 Å². The quantitative estimate of drug-likeness (QED) is 0.679. The highest BCUT2D eigenvalue weighted by atomic mass is 35.5. The number of carbonyl (C=O) groups is 1. The predicted octanol–water partition coefficient (Wildman–Crippen LogP) is 2.24. The topological polar surface area (TPSA) is 87.4 Å². The van der Waals surface area contributed by atoms with E-state index in [0.29, 0.717) is 14.7 Å². The molecule has 0 amide bonds. The van der Waals surface area contributed by atoms with Crippen LogP contribution in [0.25, 0.3) is 0 Å². The van der Waals surface area contributed by atoms with Gasteiger partial charge in [0, 0.05) is 23.0 Å². The van der Waals surface area contributed by atoms with E-state index in [4.69, 9.17) is 16.3 Å². The number of rotatable bonds is 4. The third-order valence-corrected chi connectivity index (χ3v) is 5.59. The first kappa shape index (κ1) is 18.0. The number of methoxy groups -OCH3 is 1. The van der Waals surface area contributed by atoms with Crippen LogP contribution < -0.4 is 10.4 Å². The largest absolute Gasteiger partial charge is 0.497 e. The van der Waals surface area contributed by atoms with Crippen LogP contribution >= 0.6 is 11.6 Å². The van der Waals surface area contributed by atoms with Crippen molar-refractivity contribution >= 4 is 27.5 Å². The molecule has 0 aliphatic heterocycles. The fourth-order valence-corrected chi connectivity index (χ4v) is 3.63. The maximum Gasteiger partial charge on any atom is 0.349 e. The Morgan fingerprint density at radius 2 is 1.62 bits per heavy atom. The van der Waals surface area contributed by atoms with Crippen molar-refractivity contribution < 1.29 is 17.9 Å². The van der Waals surface area contributed by atoms with Crippen molar-refractivity contribution in [3.05, 3.63) is 82.0 Å². The molecule has 0 bridgehead atoms. The normalized spacial score (nSPS) is 11.3. The lowest BCUT2D eigenvalue weighted by atomic mass is 10.2. The maximum absolute atomic E-state index is 12.6. The van der Waals surface area contributed by atoms with Crippen LogP contribution in [0.1, 0.15) is 10.4 Å². The molecule has 0 radical (unpaired) electrons.